The van der Waals surface area contributed by atoms with E-state index in [1.807, 2.05) is 34.7 Å². The summed E-state index contributed by atoms with van der Waals surface area (Å²) in [6.07, 6.45) is 2.76. The Morgan fingerprint density at radius 3 is 2.61 bits per heavy atom. The average Bonchev–Trinajstić information content (AvgIpc) is 3.03. The molecule has 0 atom stereocenters. The van der Waals surface area contributed by atoms with Crippen LogP contribution in [0.25, 0.3) is 11.0 Å². The zero-order chi connectivity index (χ0) is 22.0. The number of amides is 1. The van der Waals surface area contributed by atoms with Gasteiger partial charge in [-0.1, -0.05) is 12.1 Å². The van der Waals surface area contributed by atoms with Crippen molar-refractivity contribution in [3.63, 3.8) is 0 Å². The number of aryl methyl sites for hydroxylation is 1. The highest BCUT2D eigenvalue weighted by atomic mass is 16.5. The number of aromatic nitrogens is 3. The van der Waals surface area contributed by atoms with Gasteiger partial charge in [-0.2, -0.15) is 5.10 Å². The van der Waals surface area contributed by atoms with E-state index in [2.05, 4.69) is 36.0 Å². The van der Waals surface area contributed by atoms with Gasteiger partial charge in [-0.05, 0) is 51.0 Å². The second kappa shape index (κ2) is 9.06. The zero-order valence-corrected chi connectivity index (χ0v) is 18.8. The summed E-state index contributed by atoms with van der Waals surface area (Å²) in [5.41, 5.74) is 3.54. The molecular weight excluding hydrogens is 390 g/mol. The molecule has 0 bridgehead atoms. The second-order valence-electron chi connectivity index (χ2n) is 8.49. The maximum Gasteiger partial charge on any atom is 0.255 e. The van der Waals surface area contributed by atoms with Crippen LogP contribution in [-0.2, 0) is 6.54 Å². The summed E-state index contributed by atoms with van der Waals surface area (Å²) in [6.45, 7) is 10.3. The largest absolute Gasteiger partial charge is 0.497 e. The standard InChI is InChI=1S/C24H31N5O2/c1-17(2)29-23-20(15-25-29)14-22(18(3)26-23)24(30)28-11-5-10-27(12-13-28)16-19-6-8-21(31-4)9-7-19/h6-9,14-15,17H,5,10-13,16H2,1-4H3. The summed E-state index contributed by atoms with van der Waals surface area (Å²) in [4.78, 5) is 22.4. The van der Waals surface area contributed by atoms with Crippen LogP contribution in [-0.4, -0.2) is 63.8 Å². The summed E-state index contributed by atoms with van der Waals surface area (Å²) in [7, 11) is 1.68. The molecular formula is C24H31N5O2. The van der Waals surface area contributed by atoms with Gasteiger partial charge in [-0.25, -0.2) is 9.67 Å². The number of carbonyl (C=O) groups is 1. The monoisotopic (exact) mass is 421 g/mol. The number of hydrogen-bond acceptors (Lipinski definition) is 5. The fourth-order valence-electron chi connectivity index (χ4n) is 4.15. The second-order valence-corrected chi connectivity index (χ2v) is 8.49. The molecule has 1 aliphatic rings. The summed E-state index contributed by atoms with van der Waals surface area (Å²) in [6, 6.07) is 10.4. The third-order valence-corrected chi connectivity index (χ3v) is 5.92. The molecule has 2 aromatic heterocycles. The summed E-state index contributed by atoms with van der Waals surface area (Å²) < 4.78 is 7.15. The van der Waals surface area contributed by atoms with Crippen LogP contribution in [0, 0.1) is 6.92 Å². The van der Waals surface area contributed by atoms with E-state index >= 15 is 0 Å². The number of benzene rings is 1. The Hall–Kier alpha value is -2.93. The van der Waals surface area contributed by atoms with Gasteiger partial charge in [0.2, 0.25) is 0 Å². The van der Waals surface area contributed by atoms with Gasteiger partial charge in [0.1, 0.15) is 5.75 Å². The van der Waals surface area contributed by atoms with E-state index in [0.29, 0.717) is 5.56 Å². The first kappa shape index (κ1) is 21.3. The van der Waals surface area contributed by atoms with Crippen LogP contribution in [0.4, 0.5) is 0 Å². The lowest BCUT2D eigenvalue weighted by Crippen LogP contribution is -2.35. The molecule has 1 fully saturated rings. The van der Waals surface area contributed by atoms with Gasteiger partial charge in [-0.3, -0.25) is 9.69 Å². The van der Waals surface area contributed by atoms with Crippen molar-refractivity contribution in [2.75, 3.05) is 33.3 Å². The third-order valence-electron chi connectivity index (χ3n) is 5.92. The van der Waals surface area contributed by atoms with Crippen LogP contribution in [0.5, 0.6) is 5.75 Å². The van der Waals surface area contributed by atoms with E-state index in [-0.39, 0.29) is 11.9 Å². The number of hydrogen-bond donors (Lipinski definition) is 0. The van der Waals surface area contributed by atoms with Gasteiger partial charge in [-0.15, -0.1) is 0 Å². The molecule has 0 unspecified atom stereocenters. The summed E-state index contributed by atoms with van der Waals surface area (Å²) >= 11 is 0. The Balaban J connectivity index is 1.45. The number of methoxy groups -OCH3 is 1. The number of nitrogens with zero attached hydrogens (tertiary/aromatic N) is 5. The highest BCUT2D eigenvalue weighted by Gasteiger charge is 2.23. The molecule has 3 aromatic rings. The summed E-state index contributed by atoms with van der Waals surface area (Å²) in [5, 5.41) is 5.35. The Bertz CT molecular complexity index is 1060. The lowest BCUT2D eigenvalue weighted by molar-refractivity contribution is 0.0760. The first-order valence-electron chi connectivity index (χ1n) is 11.0. The van der Waals surface area contributed by atoms with Crippen LogP contribution >= 0.6 is 0 Å². The van der Waals surface area contributed by atoms with Gasteiger partial charge < -0.3 is 9.64 Å². The van der Waals surface area contributed by atoms with E-state index < -0.39 is 0 Å². The molecule has 7 heteroatoms. The van der Waals surface area contributed by atoms with Crippen molar-refractivity contribution >= 4 is 16.9 Å². The Morgan fingerprint density at radius 1 is 1.13 bits per heavy atom. The van der Waals surface area contributed by atoms with E-state index in [9.17, 15) is 4.79 Å². The van der Waals surface area contributed by atoms with Crippen LogP contribution in [0.1, 0.15) is 47.9 Å². The van der Waals surface area contributed by atoms with Crippen LogP contribution in [0.3, 0.4) is 0 Å². The normalized spacial score (nSPS) is 15.5. The smallest absolute Gasteiger partial charge is 0.255 e. The minimum atomic E-state index is 0.0653. The predicted octanol–water partition coefficient (Wildman–Crippen LogP) is 3.68. The van der Waals surface area contributed by atoms with Crippen LogP contribution in [0.15, 0.2) is 36.5 Å². The van der Waals surface area contributed by atoms with E-state index in [1.165, 1.54) is 5.56 Å². The Kier molecular flexibility index (Phi) is 6.23. The third kappa shape index (κ3) is 4.56. The van der Waals surface area contributed by atoms with Crippen LogP contribution in [0.2, 0.25) is 0 Å². The molecule has 0 N–H and O–H groups in total. The van der Waals surface area contributed by atoms with Gasteiger partial charge in [0.15, 0.2) is 5.65 Å². The highest BCUT2D eigenvalue weighted by molar-refractivity contribution is 5.98. The first-order valence-corrected chi connectivity index (χ1v) is 11.0. The topological polar surface area (TPSA) is 63.5 Å². The minimum Gasteiger partial charge on any atom is -0.497 e. The highest BCUT2D eigenvalue weighted by Crippen LogP contribution is 2.21. The number of ether oxygens (including phenoxy) is 1. The lowest BCUT2D eigenvalue weighted by atomic mass is 10.1. The van der Waals surface area contributed by atoms with Crippen molar-refractivity contribution in [3.05, 3.63) is 53.3 Å². The molecule has 164 valence electrons. The molecule has 1 aromatic carbocycles. The maximum absolute atomic E-state index is 13.3. The van der Waals surface area contributed by atoms with Crippen molar-refractivity contribution in [3.8, 4) is 5.75 Å². The Morgan fingerprint density at radius 2 is 1.90 bits per heavy atom. The number of fused-ring (bicyclic) bond motifs is 1. The van der Waals surface area contributed by atoms with Gasteiger partial charge in [0, 0.05) is 44.2 Å². The lowest BCUT2D eigenvalue weighted by Gasteiger charge is -2.22. The summed E-state index contributed by atoms with van der Waals surface area (Å²) in [5.74, 6) is 0.937. The molecule has 3 heterocycles. The zero-order valence-electron chi connectivity index (χ0n) is 18.8. The fraction of sp³-hybridized carbons (Fsp3) is 0.458. The van der Waals surface area contributed by atoms with Gasteiger partial charge >= 0.3 is 0 Å². The molecule has 4 rings (SSSR count). The van der Waals surface area contributed by atoms with Crippen molar-refractivity contribution in [2.24, 2.45) is 0 Å². The fourth-order valence-corrected chi connectivity index (χ4v) is 4.15. The van der Waals surface area contributed by atoms with Gasteiger partial charge in [0.05, 0.1) is 24.6 Å². The number of carbonyl (C=O) groups excluding carboxylic acids is 1. The van der Waals surface area contributed by atoms with Crippen molar-refractivity contribution in [2.45, 2.75) is 39.8 Å². The average molecular weight is 422 g/mol. The molecule has 0 radical (unpaired) electrons. The van der Waals surface area contributed by atoms with Crippen molar-refractivity contribution in [1.29, 1.82) is 0 Å². The molecule has 1 saturated heterocycles. The van der Waals surface area contributed by atoms with Gasteiger partial charge in [0.25, 0.3) is 5.91 Å². The van der Waals surface area contributed by atoms with E-state index in [4.69, 9.17) is 9.72 Å². The molecule has 0 spiro atoms. The molecule has 0 saturated carbocycles. The molecule has 1 amide bonds. The molecule has 1 aliphatic heterocycles. The number of pyridine rings is 1. The first-order chi connectivity index (χ1) is 15.0. The van der Waals surface area contributed by atoms with E-state index in [1.54, 1.807) is 13.3 Å². The predicted molar refractivity (Wildman–Crippen MR) is 121 cm³/mol. The SMILES string of the molecule is COc1ccc(CN2CCCN(C(=O)c3cc4cnn(C(C)C)c4nc3C)CC2)cc1. The maximum atomic E-state index is 13.3. The minimum absolute atomic E-state index is 0.0653. The van der Waals surface area contributed by atoms with Crippen LogP contribution < -0.4 is 4.74 Å². The molecule has 0 aliphatic carbocycles. The molecule has 7 nitrogen and oxygen atoms in total. The van der Waals surface area contributed by atoms with E-state index in [0.717, 1.165) is 61.6 Å². The van der Waals surface area contributed by atoms with Crippen molar-refractivity contribution in [1.82, 2.24) is 24.6 Å². The Labute approximate surface area is 183 Å². The number of rotatable bonds is 5. The molecule has 31 heavy (non-hydrogen) atoms. The quantitative estimate of drug-likeness (QED) is 0.629. The van der Waals surface area contributed by atoms with Crippen molar-refractivity contribution < 1.29 is 9.53 Å².